The molecule has 0 aromatic heterocycles. The quantitative estimate of drug-likeness (QED) is 0.659. The van der Waals surface area contributed by atoms with E-state index in [9.17, 15) is 13.2 Å². The number of anilines is 2. The van der Waals surface area contributed by atoms with Crippen LogP contribution in [0, 0.1) is 0 Å². The maximum Gasteiger partial charge on any atom is 0.255 e. The van der Waals surface area contributed by atoms with Crippen molar-refractivity contribution in [2.24, 2.45) is 0 Å². The minimum absolute atomic E-state index is 0.171. The Morgan fingerprint density at radius 1 is 0.970 bits per heavy atom. The van der Waals surface area contributed by atoms with E-state index in [0.29, 0.717) is 49.1 Å². The third-order valence-electron chi connectivity index (χ3n) is 6.06. The first kappa shape index (κ1) is 23.4. The normalized spacial score (nSPS) is 16.0. The summed E-state index contributed by atoms with van der Waals surface area (Å²) < 4.78 is 38.8. The Morgan fingerprint density at radius 3 is 2.36 bits per heavy atom. The summed E-state index contributed by atoms with van der Waals surface area (Å²) in [6.07, 6.45) is 3.30. The molecule has 2 aromatic carbocycles. The molecule has 2 heterocycles. The lowest BCUT2D eigenvalue weighted by Crippen LogP contribution is -2.32. The molecule has 2 aliphatic heterocycles. The molecule has 0 unspecified atom stereocenters. The van der Waals surface area contributed by atoms with Gasteiger partial charge in [0, 0.05) is 31.7 Å². The average Bonchev–Trinajstić information content (AvgIpc) is 2.84. The zero-order valence-corrected chi connectivity index (χ0v) is 20.0. The summed E-state index contributed by atoms with van der Waals surface area (Å²) in [7, 11) is -3.66. The summed E-state index contributed by atoms with van der Waals surface area (Å²) >= 11 is 0. The number of fused-ring (bicyclic) bond motifs is 1. The van der Waals surface area contributed by atoms with Gasteiger partial charge in [-0.1, -0.05) is 13.8 Å². The molecule has 2 aromatic rings. The van der Waals surface area contributed by atoms with E-state index in [-0.39, 0.29) is 10.8 Å². The van der Waals surface area contributed by atoms with Gasteiger partial charge in [0.15, 0.2) is 11.5 Å². The molecule has 1 fully saturated rings. The van der Waals surface area contributed by atoms with Crippen LogP contribution in [-0.4, -0.2) is 58.0 Å². The van der Waals surface area contributed by atoms with Gasteiger partial charge in [-0.15, -0.1) is 0 Å². The van der Waals surface area contributed by atoms with Crippen molar-refractivity contribution in [2.45, 2.75) is 38.0 Å². The fourth-order valence-corrected chi connectivity index (χ4v) is 5.76. The van der Waals surface area contributed by atoms with Crippen molar-refractivity contribution in [1.82, 2.24) is 4.31 Å². The first-order valence-electron chi connectivity index (χ1n) is 11.5. The summed E-state index contributed by atoms with van der Waals surface area (Å²) in [5, 5.41) is 2.96. The van der Waals surface area contributed by atoms with Gasteiger partial charge in [0.1, 0.15) is 13.2 Å². The van der Waals surface area contributed by atoms with Crippen molar-refractivity contribution in [3.05, 3.63) is 42.0 Å². The van der Waals surface area contributed by atoms with Gasteiger partial charge in [-0.2, -0.15) is 4.31 Å². The van der Waals surface area contributed by atoms with Crippen LogP contribution in [0.4, 0.5) is 11.4 Å². The van der Waals surface area contributed by atoms with E-state index in [2.05, 4.69) is 10.2 Å². The van der Waals surface area contributed by atoms with Crippen LogP contribution in [0.25, 0.3) is 0 Å². The Balaban J connectivity index is 1.68. The Labute approximate surface area is 195 Å². The fraction of sp³-hybridized carbons (Fsp3) is 0.458. The number of hydrogen-bond donors (Lipinski definition) is 1. The molecule has 8 nitrogen and oxygen atoms in total. The Kier molecular flexibility index (Phi) is 7.09. The molecule has 4 rings (SSSR count). The smallest absolute Gasteiger partial charge is 0.255 e. The lowest BCUT2D eigenvalue weighted by atomic mass is 10.1. The molecule has 0 aliphatic carbocycles. The molecule has 0 spiro atoms. The van der Waals surface area contributed by atoms with Crippen LogP contribution in [0.5, 0.6) is 11.5 Å². The van der Waals surface area contributed by atoms with Crippen LogP contribution in [0.2, 0.25) is 0 Å². The summed E-state index contributed by atoms with van der Waals surface area (Å²) in [5.74, 6) is 0.810. The summed E-state index contributed by atoms with van der Waals surface area (Å²) in [6, 6.07) is 10.1. The lowest BCUT2D eigenvalue weighted by Gasteiger charge is -2.31. The highest BCUT2D eigenvalue weighted by Crippen LogP contribution is 2.34. The summed E-state index contributed by atoms with van der Waals surface area (Å²) in [4.78, 5) is 15.5. The molecular weight excluding hydrogens is 442 g/mol. The molecule has 0 bridgehead atoms. The molecule has 178 valence electrons. The van der Waals surface area contributed by atoms with Crippen LogP contribution in [-0.2, 0) is 10.0 Å². The maximum absolute atomic E-state index is 13.2. The number of benzene rings is 2. The number of piperidine rings is 1. The number of carbonyl (C=O) groups is 1. The molecule has 0 atom stereocenters. The summed E-state index contributed by atoms with van der Waals surface area (Å²) in [6.45, 7) is 7.04. The van der Waals surface area contributed by atoms with E-state index in [0.717, 1.165) is 31.6 Å². The SMILES string of the molecule is CCN(CC)S(=O)(=O)c1ccc(N2CCCCC2)c(NC(=O)c2ccc3c(c2)OCCO3)c1. The first-order valence-corrected chi connectivity index (χ1v) is 13.0. The van der Waals surface area contributed by atoms with E-state index in [1.54, 1.807) is 36.4 Å². The highest BCUT2D eigenvalue weighted by molar-refractivity contribution is 7.89. The van der Waals surface area contributed by atoms with Crippen molar-refractivity contribution in [3.63, 3.8) is 0 Å². The van der Waals surface area contributed by atoms with E-state index in [4.69, 9.17) is 9.47 Å². The Morgan fingerprint density at radius 2 is 1.67 bits per heavy atom. The summed E-state index contributed by atoms with van der Waals surface area (Å²) in [5.41, 5.74) is 1.74. The second kappa shape index (κ2) is 10.0. The molecular formula is C24H31N3O5S. The minimum Gasteiger partial charge on any atom is -0.486 e. The monoisotopic (exact) mass is 473 g/mol. The highest BCUT2D eigenvalue weighted by Gasteiger charge is 2.25. The van der Waals surface area contributed by atoms with Crippen LogP contribution in [0.15, 0.2) is 41.3 Å². The van der Waals surface area contributed by atoms with Gasteiger partial charge in [0.05, 0.1) is 16.3 Å². The van der Waals surface area contributed by atoms with Gasteiger partial charge >= 0.3 is 0 Å². The van der Waals surface area contributed by atoms with Crippen molar-refractivity contribution in [2.75, 3.05) is 49.6 Å². The Hall–Kier alpha value is -2.78. The predicted octanol–water partition coefficient (Wildman–Crippen LogP) is 3.73. The van der Waals surface area contributed by atoms with E-state index in [1.807, 2.05) is 13.8 Å². The maximum atomic E-state index is 13.2. The molecule has 33 heavy (non-hydrogen) atoms. The predicted molar refractivity (Wildman–Crippen MR) is 128 cm³/mol. The van der Waals surface area contributed by atoms with Gasteiger partial charge < -0.3 is 19.7 Å². The van der Waals surface area contributed by atoms with Gasteiger partial charge in [-0.3, -0.25) is 4.79 Å². The van der Waals surface area contributed by atoms with Crippen LogP contribution < -0.4 is 19.7 Å². The van der Waals surface area contributed by atoms with Gasteiger partial charge in [0.2, 0.25) is 10.0 Å². The fourth-order valence-electron chi connectivity index (χ4n) is 4.28. The van der Waals surface area contributed by atoms with Crippen molar-refractivity contribution < 1.29 is 22.7 Å². The topological polar surface area (TPSA) is 88.2 Å². The average molecular weight is 474 g/mol. The number of amides is 1. The lowest BCUT2D eigenvalue weighted by molar-refractivity contribution is 0.102. The molecule has 0 radical (unpaired) electrons. The van der Waals surface area contributed by atoms with Crippen LogP contribution >= 0.6 is 0 Å². The van der Waals surface area contributed by atoms with Gasteiger partial charge in [-0.05, 0) is 55.7 Å². The van der Waals surface area contributed by atoms with Crippen LogP contribution in [0.1, 0.15) is 43.5 Å². The molecule has 1 saturated heterocycles. The second-order valence-electron chi connectivity index (χ2n) is 8.13. The number of hydrogen-bond acceptors (Lipinski definition) is 6. The van der Waals surface area contributed by atoms with Crippen molar-refractivity contribution in [3.8, 4) is 11.5 Å². The molecule has 9 heteroatoms. The van der Waals surface area contributed by atoms with Gasteiger partial charge in [0.25, 0.3) is 5.91 Å². The van der Waals surface area contributed by atoms with Crippen LogP contribution in [0.3, 0.4) is 0 Å². The zero-order chi connectivity index (χ0) is 23.4. The standard InChI is InChI=1S/C24H31N3O5S/c1-3-27(4-2)33(29,30)19-9-10-21(26-12-6-5-7-13-26)20(17-19)25-24(28)18-8-11-22-23(16-18)32-15-14-31-22/h8-11,16-17H,3-7,12-15H2,1-2H3,(H,25,28). The number of rotatable bonds is 7. The third kappa shape index (κ3) is 4.94. The van der Waals surface area contributed by atoms with Gasteiger partial charge in [-0.25, -0.2) is 8.42 Å². The molecule has 2 aliphatic rings. The second-order valence-corrected chi connectivity index (χ2v) is 10.1. The molecule has 1 N–H and O–H groups in total. The van der Waals surface area contributed by atoms with Crippen molar-refractivity contribution >= 4 is 27.3 Å². The first-order chi connectivity index (χ1) is 15.9. The number of carbonyl (C=O) groups excluding carboxylic acids is 1. The highest BCUT2D eigenvalue weighted by atomic mass is 32.2. The third-order valence-corrected chi connectivity index (χ3v) is 8.11. The minimum atomic E-state index is -3.66. The van der Waals surface area contributed by atoms with E-state index in [1.165, 1.54) is 10.7 Å². The van der Waals surface area contributed by atoms with E-state index < -0.39 is 10.0 Å². The zero-order valence-electron chi connectivity index (χ0n) is 19.2. The molecule has 1 amide bonds. The van der Waals surface area contributed by atoms with E-state index >= 15 is 0 Å². The number of nitrogens with zero attached hydrogens (tertiary/aromatic N) is 2. The largest absolute Gasteiger partial charge is 0.486 e. The number of ether oxygens (including phenoxy) is 2. The number of sulfonamides is 1. The molecule has 0 saturated carbocycles. The Bertz CT molecular complexity index is 1110. The number of nitrogens with one attached hydrogen (secondary N) is 1. The van der Waals surface area contributed by atoms with Crippen molar-refractivity contribution in [1.29, 1.82) is 0 Å².